The Balaban J connectivity index is 0.00000361. The molecule has 14 heteroatoms. The summed E-state index contributed by atoms with van der Waals surface area (Å²) in [5.41, 5.74) is -4.78. The van der Waals surface area contributed by atoms with E-state index in [1.54, 1.807) is 0 Å². The van der Waals surface area contributed by atoms with Crippen LogP contribution in [0.4, 0.5) is 0 Å². The van der Waals surface area contributed by atoms with Crippen molar-refractivity contribution in [3.05, 3.63) is 45.0 Å². The number of carboxylic acids is 1. The molecule has 0 bridgehead atoms. The van der Waals surface area contributed by atoms with Crippen LogP contribution in [0.2, 0.25) is 0 Å². The minimum Gasteiger partial charge on any atom is -0.545 e. The summed E-state index contributed by atoms with van der Waals surface area (Å²) in [6.07, 6.45) is -9.16. The molecule has 8 N–H and O–H groups in total. The molecule has 1 heterocycles. The molecule has 5 atom stereocenters. The molecule has 2 aromatic rings. The predicted molar refractivity (Wildman–Crippen MR) is 108 cm³/mol. The molecule has 4 rings (SSSR count). The first-order valence-corrected chi connectivity index (χ1v) is 10.1. The first-order valence-electron chi connectivity index (χ1n) is 10.1. The molecule has 0 spiro atoms. The number of aliphatic hydroxyl groups excluding tert-OH is 4. The van der Waals surface area contributed by atoms with Crippen LogP contribution in [0.1, 0.15) is 59.4 Å². The number of phenols is 4. The Hall–Kier alpha value is -2.75. The van der Waals surface area contributed by atoms with Crippen molar-refractivity contribution in [3.8, 4) is 23.0 Å². The molecule has 1 aliphatic heterocycles. The molecule has 1 aliphatic carbocycles. The Morgan fingerprint density at radius 3 is 2.06 bits per heavy atom. The van der Waals surface area contributed by atoms with Gasteiger partial charge in [-0.3, -0.25) is 9.59 Å². The van der Waals surface area contributed by atoms with Crippen LogP contribution in [0.5, 0.6) is 23.0 Å². The fourth-order valence-electron chi connectivity index (χ4n) is 4.57. The van der Waals surface area contributed by atoms with E-state index in [2.05, 4.69) is 0 Å². The minimum atomic E-state index is -2.04. The Bertz CT molecular complexity index is 1300. The quantitative estimate of drug-likeness (QED) is 0.0924. The van der Waals surface area contributed by atoms with Crippen molar-refractivity contribution in [2.45, 2.75) is 37.4 Å². The van der Waals surface area contributed by atoms with Gasteiger partial charge in [-0.2, -0.15) is 0 Å². The van der Waals surface area contributed by atoms with Gasteiger partial charge in [0.1, 0.15) is 42.0 Å². The smallest absolute Gasteiger partial charge is 0.545 e. The molecule has 186 valence electrons. The second-order valence-electron chi connectivity index (χ2n) is 8.22. The summed E-state index contributed by atoms with van der Waals surface area (Å²) in [5, 5.41) is 93.4. The number of ketones is 2. The molecule has 13 nitrogen and oxygen atoms in total. The van der Waals surface area contributed by atoms with E-state index < -0.39 is 111 Å². The van der Waals surface area contributed by atoms with Crippen LogP contribution in [0.25, 0.3) is 0 Å². The van der Waals surface area contributed by atoms with Crippen molar-refractivity contribution >= 4 is 17.5 Å². The fraction of sp³-hybridized carbons (Fsp3) is 0.318. The summed E-state index contributed by atoms with van der Waals surface area (Å²) in [6, 6.07) is 0.676. The zero-order valence-electron chi connectivity index (χ0n) is 18.8. The van der Waals surface area contributed by atoms with Gasteiger partial charge in [0, 0.05) is 16.7 Å². The summed E-state index contributed by atoms with van der Waals surface area (Å²) in [4.78, 5) is 37.9. The Morgan fingerprint density at radius 2 is 1.50 bits per heavy atom. The van der Waals surface area contributed by atoms with Crippen molar-refractivity contribution < 1.29 is 94.6 Å². The van der Waals surface area contributed by atoms with Crippen LogP contribution in [-0.2, 0) is 4.74 Å². The van der Waals surface area contributed by atoms with E-state index in [0.29, 0.717) is 6.07 Å². The van der Waals surface area contributed by atoms with E-state index in [1.165, 1.54) is 0 Å². The molecule has 2 aromatic carbocycles. The number of rotatable bonds is 3. The third-order valence-electron chi connectivity index (χ3n) is 6.32. The van der Waals surface area contributed by atoms with E-state index >= 15 is 0 Å². The molecular weight excluding hydrogens is 495 g/mol. The van der Waals surface area contributed by atoms with Crippen LogP contribution in [0.15, 0.2) is 6.07 Å². The monoisotopic (exact) mass is 514 g/mol. The Kier molecular flexibility index (Phi) is 7.43. The Labute approximate surface area is 223 Å². The topological polar surface area (TPSA) is 245 Å². The summed E-state index contributed by atoms with van der Waals surface area (Å²) in [7, 11) is 0. The molecule has 2 aliphatic rings. The number of carbonyl (C=O) groups is 3. The maximum atomic E-state index is 13.4. The second-order valence-corrected chi connectivity index (χ2v) is 8.22. The molecule has 36 heavy (non-hydrogen) atoms. The van der Waals surface area contributed by atoms with Gasteiger partial charge in [-0.25, -0.2) is 0 Å². The number of aliphatic hydroxyl groups is 4. The van der Waals surface area contributed by atoms with Gasteiger partial charge in [-0.15, -0.1) is 0 Å². The summed E-state index contributed by atoms with van der Waals surface area (Å²) >= 11 is 0. The van der Waals surface area contributed by atoms with Gasteiger partial charge in [0.25, 0.3) is 0 Å². The van der Waals surface area contributed by atoms with Crippen LogP contribution in [0.3, 0.4) is 0 Å². The predicted octanol–water partition coefficient (Wildman–Crippen LogP) is -5.52. The van der Waals surface area contributed by atoms with Crippen molar-refractivity contribution in [3.63, 3.8) is 0 Å². The summed E-state index contributed by atoms with van der Waals surface area (Å²) < 4.78 is 5.29. The van der Waals surface area contributed by atoms with Crippen molar-refractivity contribution in [2.75, 3.05) is 6.61 Å². The zero-order chi connectivity index (χ0) is 26.1. The molecule has 0 aromatic heterocycles. The number of carbonyl (C=O) groups excluding carboxylic acids is 3. The number of aromatic carboxylic acids is 1. The van der Waals surface area contributed by atoms with Crippen LogP contribution < -0.4 is 34.7 Å². The number of benzene rings is 2. The van der Waals surface area contributed by atoms with Gasteiger partial charge in [0.15, 0.2) is 23.1 Å². The maximum Gasteiger partial charge on any atom is 1.00 e. The molecule has 1 unspecified atom stereocenters. The van der Waals surface area contributed by atoms with Gasteiger partial charge in [0.05, 0.1) is 29.3 Å². The minimum absolute atomic E-state index is 0. The normalized spacial score (nSPS) is 25.1. The number of carboxylic acid groups (broad SMARTS) is 1. The van der Waals surface area contributed by atoms with Crippen LogP contribution in [0, 0.1) is 6.92 Å². The molecular formula is C22H19NaO13. The summed E-state index contributed by atoms with van der Waals surface area (Å²) in [6.45, 7) is 0.245. The van der Waals surface area contributed by atoms with Gasteiger partial charge >= 0.3 is 29.6 Å². The largest absolute Gasteiger partial charge is 1.00 e. The molecule has 0 amide bonds. The van der Waals surface area contributed by atoms with Gasteiger partial charge in [-0.1, -0.05) is 0 Å². The van der Waals surface area contributed by atoms with Crippen molar-refractivity contribution in [2.24, 2.45) is 0 Å². The second kappa shape index (κ2) is 9.61. The number of ether oxygens (including phenoxy) is 1. The average Bonchev–Trinajstić information content (AvgIpc) is 2.79. The fourth-order valence-corrected chi connectivity index (χ4v) is 4.57. The van der Waals surface area contributed by atoms with Crippen molar-refractivity contribution in [1.82, 2.24) is 0 Å². The van der Waals surface area contributed by atoms with E-state index in [0.717, 1.165) is 6.92 Å². The SMILES string of the molecule is Cc1c(C(=O)[O-])c(O)cc2c1C(=O)c1c(O)c([C@@H]3OC(CO)[C@@H](O)[C@H](O)[C@@H]3O)c(O)c(O)c1C2=O.[Na+]. The standard InChI is InChI=1S/C22H20O13.Na/c1-4-8-5(2-6(24)9(4)22(33)34)13(25)10-11(15(8)27)16(28)12(18(30)17(10)29)21-20(32)19(31)14(26)7(3-23)35-21;/h2,7,14,19-21,23-24,26,28-32H,3H2,1H3,(H,33,34);/q;+1/p-1/t7?,14-,19+,20+,21+;/m1./s1. The molecule has 1 fully saturated rings. The molecule has 0 saturated carbocycles. The van der Waals surface area contributed by atoms with E-state index in [4.69, 9.17) is 4.74 Å². The third kappa shape index (κ3) is 3.76. The number of hydrogen-bond acceptors (Lipinski definition) is 13. The van der Waals surface area contributed by atoms with Crippen LogP contribution >= 0.6 is 0 Å². The molecule has 0 radical (unpaired) electrons. The van der Waals surface area contributed by atoms with E-state index in [1.807, 2.05) is 0 Å². The van der Waals surface area contributed by atoms with Crippen molar-refractivity contribution in [1.29, 1.82) is 0 Å². The van der Waals surface area contributed by atoms with Gasteiger partial charge in [0.2, 0.25) is 0 Å². The Morgan fingerprint density at radius 1 is 0.917 bits per heavy atom. The average molecular weight is 514 g/mol. The zero-order valence-corrected chi connectivity index (χ0v) is 20.8. The van der Waals surface area contributed by atoms with E-state index in [9.17, 15) is 60.3 Å². The number of phenolic OH excluding ortho intramolecular Hbond substituents is 3. The maximum absolute atomic E-state index is 13.4. The molecule has 1 saturated heterocycles. The number of fused-ring (bicyclic) bond motifs is 2. The number of hydrogen-bond donors (Lipinski definition) is 8. The van der Waals surface area contributed by atoms with Gasteiger partial charge in [-0.05, 0) is 18.6 Å². The third-order valence-corrected chi connectivity index (χ3v) is 6.32. The number of aromatic hydroxyl groups is 4. The summed E-state index contributed by atoms with van der Waals surface area (Å²) in [5.74, 6) is -8.64. The first kappa shape index (κ1) is 27.8. The van der Waals surface area contributed by atoms with Crippen LogP contribution in [-0.4, -0.2) is 89.4 Å². The van der Waals surface area contributed by atoms with E-state index in [-0.39, 0.29) is 35.1 Å². The first-order chi connectivity index (χ1) is 16.3. The van der Waals surface area contributed by atoms with Gasteiger partial charge < -0.3 is 55.5 Å².